The third kappa shape index (κ3) is 3.37. The van der Waals surface area contributed by atoms with E-state index in [1.165, 1.54) is 39.1 Å². The van der Waals surface area contributed by atoms with Crippen molar-refractivity contribution in [1.82, 2.24) is 15.2 Å². The second-order valence-corrected chi connectivity index (χ2v) is 11.0. The van der Waals surface area contributed by atoms with E-state index < -0.39 is 0 Å². The van der Waals surface area contributed by atoms with E-state index in [1.807, 2.05) is 0 Å². The number of para-hydroxylation sites is 2. The van der Waals surface area contributed by atoms with Crippen LogP contribution in [0.5, 0.6) is 0 Å². The van der Waals surface area contributed by atoms with Crippen molar-refractivity contribution in [1.29, 1.82) is 0 Å². The number of nitrogens with one attached hydrogen (secondary N) is 2. The van der Waals surface area contributed by atoms with Gasteiger partial charge in [0.2, 0.25) is 0 Å². The van der Waals surface area contributed by atoms with Crippen molar-refractivity contribution in [3.8, 4) is 5.69 Å². The van der Waals surface area contributed by atoms with Crippen LogP contribution in [0.2, 0.25) is 0 Å². The van der Waals surface area contributed by atoms with Crippen molar-refractivity contribution in [3.63, 3.8) is 0 Å². The smallest absolute Gasteiger partial charge is 0.116 e. The number of hydrogen-bond donors (Lipinski definition) is 2. The minimum atomic E-state index is 0.0746. The normalized spacial score (nSPS) is 27.6. The number of piperidine rings is 1. The molecule has 5 atom stereocenters. The van der Waals surface area contributed by atoms with Gasteiger partial charge in [0, 0.05) is 35.9 Å². The summed E-state index contributed by atoms with van der Waals surface area (Å²) in [5.74, 6) is 2.02. The molecule has 8 rings (SSSR count). The van der Waals surface area contributed by atoms with Gasteiger partial charge in [-0.1, -0.05) is 91.0 Å². The summed E-state index contributed by atoms with van der Waals surface area (Å²) < 4.78 is 2.52. The van der Waals surface area contributed by atoms with Crippen LogP contribution in [0.4, 0.5) is 5.82 Å². The van der Waals surface area contributed by atoms with E-state index in [1.54, 1.807) is 0 Å². The summed E-state index contributed by atoms with van der Waals surface area (Å²) in [5.41, 5.74) is 6.75. The molecule has 0 spiro atoms. The van der Waals surface area contributed by atoms with Gasteiger partial charge in [0.1, 0.15) is 12.0 Å². The number of nitrogens with zero attached hydrogens (tertiary/aromatic N) is 2. The molecule has 1 aromatic heterocycles. The Morgan fingerprint density at radius 3 is 2.58 bits per heavy atom. The van der Waals surface area contributed by atoms with E-state index in [4.69, 9.17) is 0 Å². The van der Waals surface area contributed by atoms with E-state index >= 15 is 0 Å². The van der Waals surface area contributed by atoms with Crippen molar-refractivity contribution in [2.24, 2.45) is 5.92 Å². The van der Waals surface area contributed by atoms with Crippen LogP contribution in [-0.4, -0.2) is 35.9 Å². The molecular formula is C34H32N4. The molecule has 1 fully saturated rings. The van der Waals surface area contributed by atoms with Gasteiger partial charge in [0.15, 0.2) is 0 Å². The molecule has 3 aliphatic heterocycles. The van der Waals surface area contributed by atoms with Gasteiger partial charge in [-0.15, -0.1) is 0 Å². The van der Waals surface area contributed by atoms with Crippen molar-refractivity contribution in [2.45, 2.75) is 30.6 Å². The average Bonchev–Trinajstić information content (AvgIpc) is 3.31. The Bertz CT molecular complexity index is 1590. The molecule has 3 aromatic carbocycles. The fourth-order valence-electron chi connectivity index (χ4n) is 7.27. The van der Waals surface area contributed by atoms with Gasteiger partial charge in [-0.05, 0) is 53.9 Å². The first-order chi connectivity index (χ1) is 18.9. The molecule has 0 bridgehead atoms. The highest BCUT2D eigenvalue weighted by molar-refractivity contribution is 5.89. The molecule has 1 saturated heterocycles. The highest BCUT2D eigenvalue weighted by Gasteiger charge is 2.42. The number of aromatic nitrogens is 1. The van der Waals surface area contributed by atoms with Crippen LogP contribution >= 0.6 is 0 Å². The molecule has 4 aromatic rings. The lowest BCUT2D eigenvalue weighted by atomic mass is 9.80. The molecule has 38 heavy (non-hydrogen) atoms. The number of benzene rings is 3. The van der Waals surface area contributed by atoms with E-state index in [9.17, 15) is 0 Å². The van der Waals surface area contributed by atoms with E-state index in [0.717, 1.165) is 19.5 Å². The van der Waals surface area contributed by atoms with Crippen molar-refractivity contribution < 1.29 is 0 Å². The molecule has 5 unspecified atom stereocenters. The summed E-state index contributed by atoms with van der Waals surface area (Å²) in [6.07, 6.45) is 12.8. The third-order valence-corrected chi connectivity index (χ3v) is 8.94. The van der Waals surface area contributed by atoms with Gasteiger partial charge in [-0.3, -0.25) is 9.88 Å². The molecule has 4 heteroatoms. The topological polar surface area (TPSA) is 32.2 Å². The molecule has 1 aliphatic carbocycles. The summed E-state index contributed by atoms with van der Waals surface area (Å²) >= 11 is 0. The van der Waals surface area contributed by atoms with Gasteiger partial charge in [0.25, 0.3) is 0 Å². The van der Waals surface area contributed by atoms with Crippen LogP contribution in [0.15, 0.2) is 115 Å². The highest BCUT2D eigenvalue weighted by atomic mass is 15.4. The first kappa shape index (κ1) is 22.2. The lowest BCUT2D eigenvalue weighted by Crippen LogP contribution is -2.59. The molecule has 4 nitrogen and oxygen atoms in total. The number of anilines is 1. The summed E-state index contributed by atoms with van der Waals surface area (Å²) in [6, 6.07) is 31.9. The van der Waals surface area contributed by atoms with Crippen LogP contribution in [-0.2, 0) is 0 Å². The van der Waals surface area contributed by atoms with Crippen LogP contribution < -0.4 is 15.5 Å². The van der Waals surface area contributed by atoms with Gasteiger partial charge in [0.05, 0.1) is 11.2 Å². The predicted octanol–water partition coefficient (Wildman–Crippen LogP) is 6.02. The summed E-state index contributed by atoms with van der Waals surface area (Å²) in [5, 5.41) is 9.08. The summed E-state index contributed by atoms with van der Waals surface area (Å²) in [4.78, 5) is 2.72. The fraction of sp³-hybridized carbons (Fsp3) is 0.235. The Kier molecular flexibility index (Phi) is 5.17. The summed E-state index contributed by atoms with van der Waals surface area (Å²) in [7, 11) is 0. The van der Waals surface area contributed by atoms with Crippen LogP contribution in [0.3, 0.4) is 0 Å². The monoisotopic (exact) mass is 496 g/mol. The number of fused-ring (bicyclic) bond motifs is 8. The third-order valence-electron chi connectivity index (χ3n) is 8.94. The minimum absolute atomic E-state index is 0.0746. The Balaban J connectivity index is 1.37. The van der Waals surface area contributed by atoms with Gasteiger partial charge < -0.3 is 10.2 Å². The lowest BCUT2D eigenvalue weighted by molar-refractivity contribution is 0.341. The van der Waals surface area contributed by atoms with Gasteiger partial charge in [-0.25, -0.2) is 0 Å². The predicted molar refractivity (Wildman–Crippen MR) is 157 cm³/mol. The lowest BCUT2D eigenvalue weighted by Gasteiger charge is -2.47. The molecule has 0 radical (unpaired) electrons. The Morgan fingerprint density at radius 1 is 0.816 bits per heavy atom. The maximum Gasteiger partial charge on any atom is 0.116 e. The van der Waals surface area contributed by atoms with Crippen LogP contribution in [0, 0.1) is 5.92 Å². The maximum atomic E-state index is 4.08. The molecule has 188 valence electrons. The molecule has 4 heterocycles. The Hall–Kier alpha value is -3.86. The summed E-state index contributed by atoms with van der Waals surface area (Å²) in [6.45, 7) is 2.04. The number of rotatable bonds is 2. The van der Waals surface area contributed by atoms with E-state index in [2.05, 4.69) is 135 Å². The van der Waals surface area contributed by atoms with Crippen LogP contribution in [0.1, 0.15) is 23.5 Å². The van der Waals surface area contributed by atoms with E-state index in [-0.39, 0.29) is 12.2 Å². The second-order valence-electron chi connectivity index (χ2n) is 11.0. The minimum Gasteiger partial charge on any atom is -0.335 e. The molecule has 4 aliphatic rings. The molecular weight excluding hydrogens is 464 g/mol. The first-order valence-corrected chi connectivity index (χ1v) is 13.9. The zero-order valence-electron chi connectivity index (χ0n) is 21.4. The molecule has 2 N–H and O–H groups in total. The molecule has 0 amide bonds. The Morgan fingerprint density at radius 2 is 1.63 bits per heavy atom. The maximum absolute atomic E-state index is 4.08. The van der Waals surface area contributed by atoms with Crippen molar-refractivity contribution in [3.05, 3.63) is 126 Å². The standard InChI is InChI=1S/C34H32N4/c1-2-10-23(11-3-1)27-21-33(36-29-15-7-5-13-25(27)29)38-32-18-19-35-22-28(32)26-14-6-9-17-31(26)37-30-16-8-4-12-24(30)20-34(37)38/h1-17,20-21,25,28-29,32-33,35-36H,18-19,22H2. The van der Waals surface area contributed by atoms with Gasteiger partial charge >= 0.3 is 0 Å². The quantitative estimate of drug-likeness (QED) is 0.356. The fourth-order valence-corrected chi connectivity index (χ4v) is 7.27. The zero-order valence-corrected chi connectivity index (χ0v) is 21.4. The van der Waals surface area contributed by atoms with Crippen molar-refractivity contribution >= 4 is 22.3 Å². The van der Waals surface area contributed by atoms with Crippen molar-refractivity contribution in [2.75, 3.05) is 18.0 Å². The van der Waals surface area contributed by atoms with Crippen LogP contribution in [0.25, 0.3) is 22.2 Å². The SMILES string of the molecule is C1=CC2NC(N3c4cc5ccccc5n4-c4ccccc4C4CNCCC43)C=C(c3ccccc3)C2C=C1. The zero-order chi connectivity index (χ0) is 25.1. The average molecular weight is 497 g/mol. The Labute approximate surface area is 224 Å². The first-order valence-electron chi connectivity index (χ1n) is 13.9. The largest absolute Gasteiger partial charge is 0.335 e. The van der Waals surface area contributed by atoms with Gasteiger partial charge in [-0.2, -0.15) is 0 Å². The molecule has 0 saturated carbocycles. The van der Waals surface area contributed by atoms with E-state index in [0.29, 0.717) is 17.9 Å². The number of allylic oxidation sites excluding steroid dienone is 2. The number of hydrogen-bond acceptors (Lipinski definition) is 3. The second kappa shape index (κ2) is 8.87. The highest BCUT2D eigenvalue weighted by Crippen LogP contribution is 2.45.